The van der Waals surface area contributed by atoms with Crippen LogP contribution >= 0.6 is 0 Å². The molecule has 0 saturated heterocycles. The summed E-state index contributed by atoms with van der Waals surface area (Å²) in [5.41, 5.74) is 0.595. The Kier molecular flexibility index (Phi) is 5.71. The van der Waals surface area contributed by atoms with Crippen LogP contribution in [0.1, 0.15) is 59.3 Å². The highest BCUT2D eigenvalue weighted by Gasteiger charge is 2.75. The molecule has 0 aromatic carbocycles. The summed E-state index contributed by atoms with van der Waals surface area (Å²) in [6.07, 6.45) is 6.25. The Balaban J connectivity index is 1.69. The second kappa shape index (κ2) is 7.74. The number of amides is 1. The van der Waals surface area contributed by atoms with Gasteiger partial charge >= 0.3 is 0 Å². The fourth-order valence-electron chi connectivity index (χ4n) is 7.64. The highest BCUT2D eigenvalue weighted by Crippen LogP contribution is 2.70. The Morgan fingerprint density at radius 2 is 2.03 bits per heavy atom. The molecule has 4 aliphatic carbocycles. The first kappa shape index (κ1) is 23.6. The molecule has 178 valence electrons. The molecule has 0 bridgehead atoms. The van der Waals surface area contributed by atoms with Crippen molar-refractivity contribution < 1.29 is 24.2 Å². The number of ketones is 1. The Morgan fingerprint density at radius 3 is 2.72 bits per heavy atom. The number of rotatable bonds is 5. The fourth-order valence-corrected chi connectivity index (χ4v) is 7.64. The number of carbonyl (C=O) groups is 2. The molecule has 4 aliphatic rings. The molecule has 0 spiro atoms. The molecule has 0 radical (unpaired) electrons. The second-order valence-corrected chi connectivity index (χ2v) is 10.9. The lowest BCUT2D eigenvalue weighted by Crippen LogP contribution is -2.70. The number of halogens is 1. The topological polar surface area (TPSA) is 113 Å². The molecule has 1 amide bonds. The van der Waals surface area contributed by atoms with E-state index >= 15 is 4.39 Å². The predicted molar refractivity (Wildman–Crippen MR) is 119 cm³/mol. The van der Waals surface area contributed by atoms with Crippen LogP contribution in [0.2, 0.25) is 0 Å². The summed E-state index contributed by atoms with van der Waals surface area (Å²) in [6.45, 7) is 6.43. The van der Waals surface area contributed by atoms with Crippen molar-refractivity contribution in [1.29, 1.82) is 0 Å². The van der Waals surface area contributed by atoms with E-state index in [1.165, 1.54) is 12.2 Å². The molecule has 8 atom stereocenters. The molecule has 0 aromatic heterocycles. The van der Waals surface area contributed by atoms with Gasteiger partial charge in [0.2, 0.25) is 0 Å². The van der Waals surface area contributed by atoms with Crippen LogP contribution in [-0.2, 0) is 9.59 Å². The minimum absolute atomic E-state index is 0.00756. The van der Waals surface area contributed by atoms with Crippen LogP contribution < -0.4 is 11.1 Å². The van der Waals surface area contributed by atoms with Crippen molar-refractivity contribution in [3.05, 3.63) is 23.8 Å². The molecule has 0 aromatic rings. The lowest BCUT2D eigenvalue weighted by Gasteiger charge is -2.62. The third-order valence-corrected chi connectivity index (χ3v) is 9.49. The molecule has 3 saturated carbocycles. The van der Waals surface area contributed by atoms with Crippen LogP contribution in [0, 0.1) is 28.6 Å². The highest BCUT2D eigenvalue weighted by molar-refractivity contribution is 6.01. The molecule has 5 N–H and O–H groups in total. The van der Waals surface area contributed by atoms with E-state index in [-0.39, 0.29) is 24.0 Å². The Hall–Kier alpha value is -1.57. The first-order chi connectivity index (χ1) is 15.0. The van der Waals surface area contributed by atoms with Crippen LogP contribution in [0.4, 0.5) is 4.39 Å². The molecule has 6 nitrogen and oxygen atoms in total. The molecular formula is C25H37FN2O4. The minimum atomic E-state index is -1.96. The van der Waals surface area contributed by atoms with Gasteiger partial charge in [-0.3, -0.25) is 9.59 Å². The van der Waals surface area contributed by atoms with E-state index in [0.717, 1.165) is 18.4 Å². The third kappa shape index (κ3) is 2.86. The zero-order valence-electron chi connectivity index (χ0n) is 19.4. The number of fused-ring (bicyclic) bond motifs is 5. The zero-order valence-corrected chi connectivity index (χ0v) is 19.4. The van der Waals surface area contributed by atoms with Gasteiger partial charge in [-0.1, -0.05) is 25.5 Å². The van der Waals surface area contributed by atoms with Crippen molar-refractivity contribution in [3.8, 4) is 0 Å². The van der Waals surface area contributed by atoms with E-state index in [2.05, 4.69) is 5.32 Å². The molecule has 0 aliphatic heterocycles. The van der Waals surface area contributed by atoms with Crippen LogP contribution in [0.5, 0.6) is 0 Å². The van der Waals surface area contributed by atoms with Crippen LogP contribution in [0.3, 0.4) is 0 Å². The molecule has 4 rings (SSSR count). The maximum Gasteiger partial charge on any atom is 0.252 e. The summed E-state index contributed by atoms with van der Waals surface area (Å²) in [6, 6.07) is 0. The number of unbranched alkanes of at least 4 members (excludes halogenated alkanes) is 1. The third-order valence-electron chi connectivity index (χ3n) is 9.49. The van der Waals surface area contributed by atoms with E-state index in [4.69, 9.17) is 5.73 Å². The summed E-state index contributed by atoms with van der Waals surface area (Å²) in [5.74, 6) is -1.72. The fraction of sp³-hybridized carbons (Fsp3) is 0.760. The Morgan fingerprint density at radius 1 is 1.31 bits per heavy atom. The number of aliphatic hydroxyl groups is 2. The molecule has 7 heteroatoms. The Bertz CT molecular complexity index is 874. The number of aliphatic hydroxyl groups excluding tert-OH is 1. The van der Waals surface area contributed by atoms with E-state index < -0.39 is 40.0 Å². The first-order valence-electron chi connectivity index (χ1n) is 12.0. The monoisotopic (exact) mass is 448 g/mol. The van der Waals surface area contributed by atoms with E-state index in [9.17, 15) is 19.8 Å². The normalized spacial score (nSPS) is 47.3. The standard InChI is InChI=1S/C25H37FN2O4/c1-15-12-19-18-7-6-16-13-17(29)8-9-22(16,2)24(18,26)20(30)14-23(19,3)25(15,32)21(31)28-11-5-4-10-27/h8-9,13,15,18-20,30,32H,4-7,10-12,14,27H2,1-3H3,(H,28,31). The second-order valence-electron chi connectivity index (χ2n) is 10.9. The van der Waals surface area contributed by atoms with Crippen LogP contribution in [-0.4, -0.2) is 52.4 Å². The van der Waals surface area contributed by atoms with Crippen LogP contribution in [0.25, 0.3) is 0 Å². The van der Waals surface area contributed by atoms with Crippen molar-refractivity contribution in [1.82, 2.24) is 5.32 Å². The van der Waals surface area contributed by atoms with Crippen molar-refractivity contribution in [3.63, 3.8) is 0 Å². The van der Waals surface area contributed by atoms with Crippen molar-refractivity contribution >= 4 is 11.7 Å². The summed E-state index contributed by atoms with van der Waals surface area (Å²) in [7, 11) is 0. The van der Waals surface area contributed by atoms with Crippen LogP contribution in [0.15, 0.2) is 23.8 Å². The molecule has 3 fully saturated rings. The first-order valence-corrected chi connectivity index (χ1v) is 12.0. The maximum absolute atomic E-state index is 17.1. The predicted octanol–water partition coefficient (Wildman–Crippen LogP) is 2.19. The molecule has 8 unspecified atom stereocenters. The van der Waals surface area contributed by atoms with Crippen molar-refractivity contribution in [2.75, 3.05) is 13.1 Å². The largest absolute Gasteiger partial charge is 0.390 e. The smallest absolute Gasteiger partial charge is 0.252 e. The van der Waals surface area contributed by atoms with E-state index in [1.807, 2.05) is 13.8 Å². The number of alkyl halides is 1. The number of nitrogens with two attached hydrogens (primary N) is 1. The van der Waals surface area contributed by atoms with Gasteiger partial charge in [0.1, 0.15) is 0 Å². The molecule has 0 heterocycles. The van der Waals surface area contributed by atoms with Gasteiger partial charge in [0, 0.05) is 23.3 Å². The highest BCUT2D eigenvalue weighted by atomic mass is 19.1. The van der Waals surface area contributed by atoms with Gasteiger partial charge < -0.3 is 21.3 Å². The summed E-state index contributed by atoms with van der Waals surface area (Å²) < 4.78 is 17.1. The summed E-state index contributed by atoms with van der Waals surface area (Å²) in [4.78, 5) is 25.2. The SMILES string of the molecule is CC1CC2C3CCC4=CC(=O)C=CC4(C)C3(F)C(O)CC2(C)C1(O)C(=O)NCCCCN. The minimum Gasteiger partial charge on any atom is -0.390 e. The van der Waals surface area contributed by atoms with Crippen molar-refractivity contribution in [2.45, 2.75) is 76.7 Å². The number of hydrogen-bond acceptors (Lipinski definition) is 5. The van der Waals surface area contributed by atoms with Gasteiger partial charge in [-0.2, -0.15) is 0 Å². The number of allylic oxidation sites excluding steroid dienone is 4. The number of carbonyl (C=O) groups excluding carboxylic acids is 2. The average molecular weight is 449 g/mol. The van der Waals surface area contributed by atoms with Gasteiger partial charge in [0.25, 0.3) is 5.91 Å². The van der Waals surface area contributed by atoms with E-state index in [0.29, 0.717) is 32.4 Å². The maximum atomic E-state index is 17.1. The average Bonchev–Trinajstić information content (AvgIpc) is 2.94. The zero-order chi connectivity index (χ0) is 23.5. The number of hydrogen-bond donors (Lipinski definition) is 4. The molecular weight excluding hydrogens is 411 g/mol. The van der Waals surface area contributed by atoms with Gasteiger partial charge in [-0.15, -0.1) is 0 Å². The van der Waals surface area contributed by atoms with Crippen molar-refractivity contribution in [2.24, 2.45) is 34.3 Å². The lowest BCUT2D eigenvalue weighted by atomic mass is 9.44. The number of nitrogens with one attached hydrogen (secondary N) is 1. The van der Waals surface area contributed by atoms with Gasteiger partial charge in [-0.05, 0) is 76.0 Å². The lowest BCUT2D eigenvalue weighted by molar-refractivity contribution is -0.219. The quantitative estimate of drug-likeness (QED) is 0.482. The van der Waals surface area contributed by atoms with Gasteiger partial charge in [0.05, 0.1) is 6.10 Å². The summed E-state index contributed by atoms with van der Waals surface area (Å²) in [5, 5.41) is 26.0. The van der Waals surface area contributed by atoms with Gasteiger partial charge in [-0.25, -0.2) is 4.39 Å². The van der Waals surface area contributed by atoms with E-state index in [1.54, 1.807) is 13.0 Å². The molecule has 32 heavy (non-hydrogen) atoms. The summed E-state index contributed by atoms with van der Waals surface area (Å²) >= 11 is 0. The van der Waals surface area contributed by atoms with Gasteiger partial charge in [0.15, 0.2) is 17.1 Å². The Labute approximate surface area is 189 Å².